The summed E-state index contributed by atoms with van der Waals surface area (Å²) in [5.41, 5.74) is 2.88. The molecule has 0 radical (unpaired) electrons. The summed E-state index contributed by atoms with van der Waals surface area (Å²) in [5, 5.41) is 0.916. The van der Waals surface area contributed by atoms with Gasteiger partial charge in [-0.1, -0.05) is 28.1 Å². The van der Waals surface area contributed by atoms with Crippen molar-refractivity contribution in [3.05, 3.63) is 64.3 Å². The van der Waals surface area contributed by atoms with E-state index in [4.69, 9.17) is 4.74 Å². The predicted octanol–water partition coefficient (Wildman–Crippen LogP) is 4.27. The van der Waals surface area contributed by atoms with Crippen LogP contribution in [-0.2, 0) is 6.54 Å². The number of fused-ring (bicyclic) bond motifs is 1. The van der Waals surface area contributed by atoms with Gasteiger partial charge in [0.1, 0.15) is 5.75 Å². The average molecular weight is 344 g/mol. The van der Waals surface area contributed by atoms with Crippen molar-refractivity contribution in [2.75, 3.05) is 7.11 Å². The Bertz CT molecular complexity index is 808. The van der Waals surface area contributed by atoms with Crippen LogP contribution in [0.3, 0.4) is 0 Å². The van der Waals surface area contributed by atoms with Gasteiger partial charge in [0.25, 0.3) is 0 Å². The van der Waals surface area contributed by atoms with Gasteiger partial charge in [-0.25, -0.2) is 0 Å². The Morgan fingerprint density at radius 1 is 1.24 bits per heavy atom. The molecule has 0 N–H and O–H groups in total. The van der Waals surface area contributed by atoms with Crippen LogP contribution in [0, 0.1) is 0 Å². The van der Waals surface area contributed by atoms with Crippen LogP contribution in [0.25, 0.3) is 10.9 Å². The van der Waals surface area contributed by atoms with Crippen LogP contribution in [0.2, 0.25) is 0 Å². The summed E-state index contributed by atoms with van der Waals surface area (Å²) >= 11 is 3.48. The Balaban J connectivity index is 2.08. The first-order chi connectivity index (χ1) is 10.2. The van der Waals surface area contributed by atoms with E-state index in [1.807, 2.05) is 36.5 Å². The second kappa shape index (κ2) is 5.74. The van der Waals surface area contributed by atoms with Crippen molar-refractivity contribution in [3.8, 4) is 5.75 Å². The number of halogens is 1. The zero-order chi connectivity index (χ0) is 14.8. The maximum atomic E-state index is 11.3. The van der Waals surface area contributed by atoms with E-state index in [2.05, 4.69) is 32.6 Å². The number of aromatic nitrogens is 1. The van der Waals surface area contributed by atoms with Crippen molar-refractivity contribution in [2.45, 2.75) is 6.54 Å². The molecule has 0 fully saturated rings. The third kappa shape index (κ3) is 2.72. The highest BCUT2D eigenvalue weighted by Gasteiger charge is 2.09. The first-order valence-corrected chi connectivity index (χ1v) is 7.37. The molecule has 1 aromatic heterocycles. The number of methoxy groups -OCH3 is 1. The minimum atomic E-state index is 0.680. The third-order valence-corrected chi connectivity index (χ3v) is 3.98. The van der Waals surface area contributed by atoms with Crippen molar-refractivity contribution < 1.29 is 9.53 Å². The molecule has 0 aliphatic heterocycles. The van der Waals surface area contributed by atoms with Gasteiger partial charge in [-0.3, -0.25) is 4.79 Å². The molecule has 3 nitrogen and oxygen atoms in total. The highest BCUT2D eigenvalue weighted by atomic mass is 79.9. The van der Waals surface area contributed by atoms with Gasteiger partial charge >= 0.3 is 0 Å². The summed E-state index contributed by atoms with van der Waals surface area (Å²) in [6.45, 7) is 0.718. The fourth-order valence-electron chi connectivity index (χ4n) is 2.49. The molecule has 1 heterocycles. The summed E-state index contributed by atoms with van der Waals surface area (Å²) in [6.07, 6.45) is 2.77. The van der Waals surface area contributed by atoms with Gasteiger partial charge in [-0.2, -0.15) is 0 Å². The van der Waals surface area contributed by atoms with Gasteiger partial charge < -0.3 is 9.30 Å². The number of carbonyl (C=O) groups excluding carboxylic acids is 1. The lowest BCUT2D eigenvalue weighted by Gasteiger charge is -2.07. The molecule has 0 aliphatic carbocycles. The quantitative estimate of drug-likeness (QED) is 0.662. The summed E-state index contributed by atoms with van der Waals surface area (Å²) in [4.78, 5) is 11.3. The summed E-state index contributed by atoms with van der Waals surface area (Å²) in [7, 11) is 1.63. The lowest BCUT2D eigenvalue weighted by Crippen LogP contribution is -1.97. The summed E-state index contributed by atoms with van der Waals surface area (Å²) in [6, 6.07) is 14.0. The molecule has 0 saturated heterocycles. The summed E-state index contributed by atoms with van der Waals surface area (Å²) in [5.74, 6) is 0.755. The highest BCUT2D eigenvalue weighted by Crippen LogP contribution is 2.26. The molecule has 0 amide bonds. The van der Waals surface area contributed by atoms with Crippen molar-refractivity contribution in [3.63, 3.8) is 0 Å². The van der Waals surface area contributed by atoms with Gasteiger partial charge in [-0.05, 0) is 35.9 Å². The van der Waals surface area contributed by atoms with E-state index in [1.54, 1.807) is 7.11 Å². The number of benzene rings is 2. The molecule has 21 heavy (non-hydrogen) atoms. The molecule has 3 rings (SSSR count). The number of hydrogen-bond donors (Lipinski definition) is 0. The van der Waals surface area contributed by atoms with Crippen LogP contribution in [-0.4, -0.2) is 18.0 Å². The van der Waals surface area contributed by atoms with Crippen LogP contribution < -0.4 is 4.74 Å². The molecule has 0 unspecified atom stereocenters. The van der Waals surface area contributed by atoms with E-state index in [9.17, 15) is 4.79 Å². The molecule has 2 aromatic carbocycles. The molecule has 0 spiro atoms. The normalized spacial score (nSPS) is 10.8. The molecule has 106 valence electrons. The first-order valence-electron chi connectivity index (χ1n) is 6.58. The molecule has 3 aromatic rings. The fraction of sp³-hybridized carbons (Fsp3) is 0.118. The minimum absolute atomic E-state index is 0.680. The van der Waals surface area contributed by atoms with Gasteiger partial charge in [0.05, 0.1) is 7.11 Å². The molecule has 0 bridgehead atoms. The second-order valence-electron chi connectivity index (χ2n) is 4.84. The molecule has 0 atom stereocenters. The lowest BCUT2D eigenvalue weighted by atomic mass is 10.2. The number of ether oxygens (including phenoxy) is 1. The van der Waals surface area contributed by atoms with Crippen LogP contribution in [0.15, 0.2) is 53.1 Å². The minimum Gasteiger partial charge on any atom is -0.497 e. The van der Waals surface area contributed by atoms with E-state index in [0.29, 0.717) is 5.56 Å². The number of aldehydes is 1. The molecular weight excluding hydrogens is 330 g/mol. The van der Waals surface area contributed by atoms with Crippen molar-refractivity contribution in [1.29, 1.82) is 0 Å². The predicted molar refractivity (Wildman–Crippen MR) is 87.1 cm³/mol. The largest absolute Gasteiger partial charge is 0.497 e. The van der Waals surface area contributed by atoms with Crippen molar-refractivity contribution in [1.82, 2.24) is 4.57 Å². The maximum Gasteiger partial charge on any atom is 0.152 e. The van der Waals surface area contributed by atoms with Crippen LogP contribution >= 0.6 is 15.9 Å². The van der Waals surface area contributed by atoms with E-state index < -0.39 is 0 Å². The van der Waals surface area contributed by atoms with Crippen LogP contribution in [0.1, 0.15) is 15.9 Å². The van der Waals surface area contributed by atoms with Crippen LogP contribution in [0.4, 0.5) is 0 Å². The first kappa shape index (κ1) is 13.9. The van der Waals surface area contributed by atoms with Gasteiger partial charge in [0.2, 0.25) is 0 Å². The Morgan fingerprint density at radius 3 is 2.81 bits per heavy atom. The molecule has 4 heteroatoms. The molecule has 0 aliphatic rings. The van der Waals surface area contributed by atoms with Crippen molar-refractivity contribution >= 4 is 33.1 Å². The van der Waals surface area contributed by atoms with Crippen molar-refractivity contribution in [2.24, 2.45) is 0 Å². The second-order valence-corrected chi connectivity index (χ2v) is 5.76. The van der Waals surface area contributed by atoms with Gasteiger partial charge in [-0.15, -0.1) is 0 Å². The van der Waals surface area contributed by atoms with E-state index in [0.717, 1.165) is 34.0 Å². The zero-order valence-corrected chi connectivity index (χ0v) is 13.1. The Labute approximate surface area is 131 Å². The average Bonchev–Trinajstić information content (AvgIpc) is 2.84. The van der Waals surface area contributed by atoms with Crippen LogP contribution in [0.5, 0.6) is 5.75 Å². The van der Waals surface area contributed by atoms with E-state index in [1.165, 1.54) is 5.56 Å². The SMILES string of the molecule is COc1ccc2c(c1)c(C=O)cn2Cc1cccc(Br)c1. The number of carbonyl (C=O) groups is 1. The maximum absolute atomic E-state index is 11.3. The highest BCUT2D eigenvalue weighted by molar-refractivity contribution is 9.10. The molecule has 0 saturated carbocycles. The Morgan fingerprint density at radius 2 is 2.10 bits per heavy atom. The smallest absolute Gasteiger partial charge is 0.152 e. The van der Waals surface area contributed by atoms with Gasteiger partial charge in [0.15, 0.2) is 6.29 Å². The third-order valence-electron chi connectivity index (χ3n) is 3.49. The topological polar surface area (TPSA) is 31.2 Å². The zero-order valence-electron chi connectivity index (χ0n) is 11.5. The standard InChI is InChI=1S/C17H14BrNO2/c1-21-15-5-6-17-16(8-15)13(11-20)10-19(17)9-12-3-2-4-14(18)7-12/h2-8,10-11H,9H2,1H3. The lowest BCUT2D eigenvalue weighted by molar-refractivity contribution is 0.112. The number of hydrogen-bond acceptors (Lipinski definition) is 2. The number of rotatable bonds is 4. The molecular formula is C17H14BrNO2. The Kier molecular flexibility index (Phi) is 3.80. The number of nitrogens with zero attached hydrogens (tertiary/aromatic N) is 1. The Hall–Kier alpha value is -2.07. The van der Waals surface area contributed by atoms with Gasteiger partial charge in [0, 0.05) is 33.7 Å². The van der Waals surface area contributed by atoms with E-state index in [-0.39, 0.29) is 0 Å². The summed E-state index contributed by atoms with van der Waals surface area (Å²) < 4.78 is 8.37. The van der Waals surface area contributed by atoms with E-state index >= 15 is 0 Å². The fourth-order valence-corrected chi connectivity index (χ4v) is 2.93. The monoisotopic (exact) mass is 343 g/mol.